The third-order valence-corrected chi connectivity index (χ3v) is 7.35. The maximum absolute atomic E-state index is 13.2. The largest absolute Gasteiger partial charge is 0.368 e. The number of aromatic nitrogens is 5. The lowest BCUT2D eigenvalue weighted by molar-refractivity contribution is 0.0920. The van der Waals surface area contributed by atoms with Crippen LogP contribution in [0.4, 0.5) is 5.95 Å². The molecular formula is C23H27N7O2S. The zero-order valence-electron chi connectivity index (χ0n) is 18.8. The average Bonchev–Trinajstić information content (AvgIpc) is 3.43. The monoisotopic (exact) mass is 465 g/mol. The van der Waals surface area contributed by atoms with E-state index in [1.54, 1.807) is 11.6 Å². The van der Waals surface area contributed by atoms with Gasteiger partial charge in [-0.3, -0.25) is 14.7 Å². The van der Waals surface area contributed by atoms with Gasteiger partial charge in [0.15, 0.2) is 5.78 Å². The number of hydrogen-bond acceptors (Lipinski definition) is 8. The van der Waals surface area contributed by atoms with Crippen LogP contribution in [0.25, 0.3) is 11.4 Å². The smallest absolute Gasteiger partial charge is 0.270 e. The van der Waals surface area contributed by atoms with Crippen LogP contribution in [-0.4, -0.2) is 42.9 Å². The molecule has 4 N–H and O–H groups in total. The first-order valence-electron chi connectivity index (χ1n) is 11.3. The predicted octanol–water partition coefficient (Wildman–Crippen LogP) is 3.23. The van der Waals surface area contributed by atoms with Crippen molar-refractivity contribution in [3.05, 3.63) is 39.1 Å². The SMILES string of the molecule is CC1(C)Cc2cnc(N)nc2-c2n[nH]c(C(=O)Cc3nc(C(=O)NC4CCCCC4)cs3)c21. The normalized spacial score (nSPS) is 17.3. The highest BCUT2D eigenvalue weighted by molar-refractivity contribution is 7.10. The topological polar surface area (TPSA) is 140 Å². The van der Waals surface area contributed by atoms with Crippen molar-refractivity contribution in [2.45, 2.75) is 70.3 Å². The van der Waals surface area contributed by atoms with Gasteiger partial charge in [0.25, 0.3) is 5.91 Å². The Hall–Kier alpha value is -3.14. The van der Waals surface area contributed by atoms with Gasteiger partial charge in [0.2, 0.25) is 5.95 Å². The molecule has 0 aliphatic heterocycles. The van der Waals surface area contributed by atoms with Crippen molar-refractivity contribution in [2.75, 3.05) is 5.73 Å². The molecule has 0 saturated heterocycles. The molecule has 0 bridgehead atoms. The van der Waals surface area contributed by atoms with Gasteiger partial charge in [0.1, 0.15) is 22.1 Å². The third-order valence-electron chi connectivity index (χ3n) is 6.50. The molecule has 5 rings (SSSR count). The van der Waals surface area contributed by atoms with Gasteiger partial charge in [-0.15, -0.1) is 11.3 Å². The summed E-state index contributed by atoms with van der Waals surface area (Å²) in [6.07, 6.45) is 8.07. The summed E-state index contributed by atoms with van der Waals surface area (Å²) in [5.41, 5.74) is 9.41. The number of Topliss-reactive ketones (excluding diaryl/α,β-unsaturated/α-hetero) is 1. The number of rotatable bonds is 5. The molecule has 1 fully saturated rings. The summed E-state index contributed by atoms with van der Waals surface area (Å²) in [5.74, 6) is -0.0984. The quantitative estimate of drug-likeness (QED) is 0.492. The van der Waals surface area contributed by atoms with Gasteiger partial charge in [-0.1, -0.05) is 33.1 Å². The number of nitrogens with one attached hydrogen (secondary N) is 2. The van der Waals surface area contributed by atoms with Gasteiger partial charge >= 0.3 is 0 Å². The van der Waals surface area contributed by atoms with Gasteiger partial charge < -0.3 is 11.1 Å². The first-order chi connectivity index (χ1) is 15.8. The molecule has 3 heterocycles. The lowest BCUT2D eigenvalue weighted by Crippen LogP contribution is -2.36. The molecule has 0 atom stereocenters. The Morgan fingerprint density at radius 3 is 2.79 bits per heavy atom. The summed E-state index contributed by atoms with van der Waals surface area (Å²) in [6, 6.07) is 0.220. The highest BCUT2D eigenvalue weighted by Crippen LogP contribution is 2.43. The lowest BCUT2D eigenvalue weighted by atomic mass is 9.73. The molecule has 33 heavy (non-hydrogen) atoms. The van der Waals surface area contributed by atoms with Crippen molar-refractivity contribution in [2.24, 2.45) is 0 Å². The van der Waals surface area contributed by atoms with E-state index in [1.165, 1.54) is 17.8 Å². The van der Waals surface area contributed by atoms with Gasteiger partial charge in [-0.25, -0.2) is 15.0 Å². The van der Waals surface area contributed by atoms with Gasteiger partial charge in [-0.2, -0.15) is 5.10 Å². The second-order valence-electron chi connectivity index (χ2n) is 9.52. The first kappa shape index (κ1) is 21.7. The van der Waals surface area contributed by atoms with Crippen molar-refractivity contribution < 1.29 is 9.59 Å². The maximum Gasteiger partial charge on any atom is 0.270 e. The Kier molecular flexibility index (Phi) is 5.48. The number of carbonyl (C=O) groups is 2. The van der Waals surface area contributed by atoms with E-state index in [2.05, 4.69) is 44.3 Å². The second-order valence-corrected chi connectivity index (χ2v) is 10.5. The van der Waals surface area contributed by atoms with Crippen LogP contribution in [0, 0.1) is 0 Å². The number of anilines is 1. The Labute approximate surface area is 195 Å². The van der Waals surface area contributed by atoms with Crippen molar-refractivity contribution in [1.82, 2.24) is 30.5 Å². The predicted molar refractivity (Wildman–Crippen MR) is 125 cm³/mol. The van der Waals surface area contributed by atoms with E-state index in [1.807, 2.05) is 0 Å². The van der Waals surface area contributed by atoms with Gasteiger partial charge in [0.05, 0.1) is 12.1 Å². The molecule has 0 spiro atoms. The van der Waals surface area contributed by atoms with Crippen LogP contribution in [0.5, 0.6) is 0 Å². The van der Waals surface area contributed by atoms with Crippen molar-refractivity contribution in [3.8, 4) is 11.4 Å². The minimum absolute atomic E-state index is 0.102. The average molecular weight is 466 g/mol. The Balaban J connectivity index is 1.35. The van der Waals surface area contributed by atoms with Crippen LogP contribution in [-0.2, 0) is 18.3 Å². The van der Waals surface area contributed by atoms with E-state index in [-0.39, 0.29) is 35.5 Å². The highest BCUT2D eigenvalue weighted by Gasteiger charge is 2.38. The number of aromatic amines is 1. The standard InChI is InChI=1S/C23H27N7O2S/c1-23(2)9-12-10-25-22(24)28-18(12)20-17(23)19(29-30-20)15(31)8-16-27-14(11-33-16)21(32)26-13-6-4-3-5-7-13/h10-11,13H,3-9H2,1-2H3,(H,26,32)(H,29,30)(H2,24,25,28). The van der Waals surface area contributed by atoms with Crippen molar-refractivity contribution in [3.63, 3.8) is 0 Å². The Morgan fingerprint density at radius 1 is 1.21 bits per heavy atom. The van der Waals surface area contributed by atoms with Crippen LogP contribution in [0.2, 0.25) is 0 Å². The van der Waals surface area contributed by atoms with Crippen LogP contribution < -0.4 is 11.1 Å². The number of nitrogens with two attached hydrogens (primary N) is 1. The van der Waals surface area contributed by atoms with Crippen LogP contribution in [0.1, 0.15) is 83.1 Å². The van der Waals surface area contributed by atoms with E-state index < -0.39 is 0 Å². The fraction of sp³-hybridized carbons (Fsp3) is 0.478. The summed E-state index contributed by atoms with van der Waals surface area (Å²) < 4.78 is 0. The molecular weight excluding hydrogens is 438 g/mol. The molecule has 1 saturated carbocycles. The molecule has 0 unspecified atom stereocenters. The summed E-state index contributed by atoms with van der Waals surface area (Å²) in [4.78, 5) is 38.7. The Bertz CT molecular complexity index is 1220. The number of ketones is 1. The fourth-order valence-electron chi connectivity index (χ4n) is 4.92. The first-order valence-corrected chi connectivity index (χ1v) is 12.2. The fourth-order valence-corrected chi connectivity index (χ4v) is 5.69. The van der Waals surface area contributed by atoms with Crippen molar-refractivity contribution >= 4 is 29.0 Å². The van der Waals surface area contributed by atoms with E-state index in [4.69, 9.17) is 5.73 Å². The lowest BCUT2D eigenvalue weighted by Gasteiger charge is -2.30. The molecule has 0 radical (unpaired) electrons. The van der Waals surface area contributed by atoms with E-state index >= 15 is 0 Å². The molecule has 0 aromatic carbocycles. The molecule has 1 amide bonds. The number of amides is 1. The molecule has 10 heteroatoms. The molecule has 3 aromatic heterocycles. The van der Waals surface area contributed by atoms with Crippen LogP contribution in [0.3, 0.4) is 0 Å². The summed E-state index contributed by atoms with van der Waals surface area (Å²) >= 11 is 1.33. The number of carbonyl (C=O) groups excluding carboxylic acids is 2. The van der Waals surface area contributed by atoms with Crippen LogP contribution >= 0.6 is 11.3 Å². The minimum atomic E-state index is -0.326. The van der Waals surface area contributed by atoms with E-state index in [0.29, 0.717) is 34.2 Å². The number of thiazole rings is 1. The number of nitrogen functional groups attached to an aromatic ring is 1. The molecule has 2 aliphatic rings. The molecule has 3 aromatic rings. The number of nitrogens with zero attached hydrogens (tertiary/aromatic N) is 4. The molecule has 9 nitrogen and oxygen atoms in total. The van der Waals surface area contributed by atoms with Crippen LogP contribution in [0.15, 0.2) is 11.6 Å². The second kappa shape index (κ2) is 8.33. The summed E-state index contributed by atoms with van der Waals surface area (Å²) in [5, 5.41) is 12.8. The zero-order chi connectivity index (χ0) is 23.2. The minimum Gasteiger partial charge on any atom is -0.368 e. The van der Waals surface area contributed by atoms with Crippen molar-refractivity contribution in [1.29, 1.82) is 0 Å². The zero-order valence-corrected chi connectivity index (χ0v) is 19.6. The Morgan fingerprint density at radius 2 is 2.00 bits per heavy atom. The van der Waals surface area contributed by atoms with E-state index in [0.717, 1.165) is 36.8 Å². The molecule has 2 aliphatic carbocycles. The van der Waals surface area contributed by atoms with Gasteiger partial charge in [-0.05, 0) is 30.2 Å². The summed E-state index contributed by atoms with van der Waals surface area (Å²) in [6.45, 7) is 4.16. The third kappa shape index (κ3) is 4.15. The van der Waals surface area contributed by atoms with E-state index in [9.17, 15) is 9.59 Å². The highest BCUT2D eigenvalue weighted by atomic mass is 32.1. The number of H-pyrrole nitrogens is 1. The number of hydrogen-bond donors (Lipinski definition) is 3. The molecule has 172 valence electrons. The number of fused-ring (bicyclic) bond motifs is 3. The summed E-state index contributed by atoms with van der Waals surface area (Å²) in [7, 11) is 0. The maximum atomic E-state index is 13.2. The van der Waals surface area contributed by atoms with Gasteiger partial charge in [0, 0.05) is 23.2 Å².